The molecule has 1 atom stereocenters. The van der Waals surface area contributed by atoms with Crippen molar-refractivity contribution in [2.75, 3.05) is 5.88 Å². The van der Waals surface area contributed by atoms with Gasteiger partial charge in [0.05, 0.1) is 5.88 Å². The van der Waals surface area contributed by atoms with Crippen LogP contribution in [-0.4, -0.2) is 16.8 Å². The van der Waals surface area contributed by atoms with Crippen LogP contribution in [0.5, 0.6) is 0 Å². The van der Waals surface area contributed by atoms with Crippen molar-refractivity contribution in [1.82, 2.24) is 0 Å². The van der Waals surface area contributed by atoms with Crippen LogP contribution in [0.3, 0.4) is 0 Å². The normalized spacial score (nSPS) is 13.8. The van der Waals surface area contributed by atoms with Crippen LogP contribution >= 0.6 is 11.6 Å². The van der Waals surface area contributed by atoms with Crippen molar-refractivity contribution in [3.8, 4) is 0 Å². The van der Waals surface area contributed by atoms with E-state index in [1.54, 1.807) is 13.8 Å². The van der Waals surface area contributed by atoms with Crippen molar-refractivity contribution in [3.05, 3.63) is 10.1 Å². The minimum Gasteiger partial charge on any atom is -0.264 e. The summed E-state index contributed by atoms with van der Waals surface area (Å²) < 4.78 is 0. The Labute approximate surface area is 59.2 Å². The summed E-state index contributed by atoms with van der Waals surface area (Å²) >= 11 is 5.32. The van der Waals surface area contributed by atoms with E-state index in [1.165, 1.54) is 0 Å². The van der Waals surface area contributed by atoms with E-state index in [2.05, 4.69) is 0 Å². The van der Waals surface area contributed by atoms with Crippen molar-refractivity contribution in [2.24, 2.45) is 5.92 Å². The Morgan fingerprint density at radius 2 is 2.11 bits per heavy atom. The second-order valence-electron chi connectivity index (χ2n) is 2.25. The molecule has 0 radical (unpaired) electrons. The Hall–Kier alpha value is -0.310. The van der Waals surface area contributed by atoms with E-state index >= 15 is 0 Å². The molecule has 0 aliphatic carbocycles. The van der Waals surface area contributed by atoms with E-state index in [-0.39, 0.29) is 16.7 Å². The highest BCUT2D eigenvalue weighted by molar-refractivity contribution is 6.18. The minimum atomic E-state index is -0.591. The molecule has 0 aliphatic rings. The molecule has 0 amide bonds. The maximum Gasteiger partial charge on any atom is 0.228 e. The van der Waals surface area contributed by atoms with Gasteiger partial charge in [-0.3, -0.25) is 10.1 Å². The molecule has 0 rings (SSSR count). The molecule has 0 fully saturated rings. The molecular formula is C5H10ClNO2. The van der Waals surface area contributed by atoms with Crippen LogP contribution in [0.4, 0.5) is 0 Å². The smallest absolute Gasteiger partial charge is 0.228 e. The van der Waals surface area contributed by atoms with Crippen LogP contribution < -0.4 is 0 Å². The summed E-state index contributed by atoms with van der Waals surface area (Å²) in [6.45, 7) is 3.58. The minimum absolute atomic E-state index is 0.0255. The van der Waals surface area contributed by atoms with Gasteiger partial charge in [0.15, 0.2) is 0 Å². The highest BCUT2D eigenvalue weighted by Gasteiger charge is 2.22. The second-order valence-corrected chi connectivity index (χ2v) is 2.56. The van der Waals surface area contributed by atoms with Gasteiger partial charge in [-0.15, -0.1) is 11.6 Å². The second kappa shape index (κ2) is 3.67. The summed E-state index contributed by atoms with van der Waals surface area (Å²) in [4.78, 5) is 9.76. The van der Waals surface area contributed by atoms with E-state index in [4.69, 9.17) is 11.6 Å². The van der Waals surface area contributed by atoms with Gasteiger partial charge in [-0.1, -0.05) is 13.8 Å². The molecule has 1 unspecified atom stereocenters. The number of alkyl halides is 1. The van der Waals surface area contributed by atoms with Crippen molar-refractivity contribution in [2.45, 2.75) is 19.9 Å². The maximum absolute atomic E-state index is 10.1. The van der Waals surface area contributed by atoms with Gasteiger partial charge < -0.3 is 0 Å². The van der Waals surface area contributed by atoms with Crippen LogP contribution in [0.1, 0.15) is 13.8 Å². The van der Waals surface area contributed by atoms with Crippen molar-refractivity contribution in [1.29, 1.82) is 0 Å². The molecule has 0 aromatic heterocycles. The number of nitro groups is 1. The highest BCUT2D eigenvalue weighted by Crippen LogP contribution is 2.06. The molecule has 0 saturated heterocycles. The lowest BCUT2D eigenvalue weighted by Gasteiger charge is -2.07. The number of hydrogen-bond donors (Lipinski definition) is 0. The molecule has 0 N–H and O–H groups in total. The third-order valence-electron chi connectivity index (χ3n) is 1.20. The van der Waals surface area contributed by atoms with Crippen LogP contribution in [0.15, 0.2) is 0 Å². The largest absolute Gasteiger partial charge is 0.264 e. The number of nitrogens with zero attached hydrogens (tertiary/aromatic N) is 1. The van der Waals surface area contributed by atoms with Gasteiger partial charge in [0.25, 0.3) is 0 Å². The zero-order chi connectivity index (χ0) is 7.44. The first-order valence-electron chi connectivity index (χ1n) is 2.79. The fraction of sp³-hybridized carbons (Fsp3) is 1.00. The number of halogens is 1. The first-order valence-corrected chi connectivity index (χ1v) is 3.32. The Bertz CT molecular complexity index is 105. The van der Waals surface area contributed by atoms with Gasteiger partial charge in [0.2, 0.25) is 6.04 Å². The summed E-state index contributed by atoms with van der Waals surface area (Å²) in [6, 6.07) is -0.591. The standard InChI is InChI=1S/C5H10ClNO2/c1-4(2)5(3-6)7(8)9/h4-5H,3H2,1-2H3. The van der Waals surface area contributed by atoms with Gasteiger partial charge in [-0.2, -0.15) is 0 Å². The lowest BCUT2D eigenvalue weighted by atomic mass is 10.1. The van der Waals surface area contributed by atoms with Gasteiger partial charge >= 0.3 is 0 Å². The zero-order valence-electron chi connectivity index (χ0n) is 5.50. The average Bonchev–Trinajstić information content (AvgIpc) is 1.64. The third-order valence-corrected chi connectivity index (χ3v) is 1.51. The quantitative estimate of drug-likeness (QED) is 0.349. The predicted octanol–water partition coefficient (Wildman–Crippen LogP) is 1.53. The van der Waals surface area contributed by atoms with Gasteiger partial charge in [-0.05, 0) is 0 Å². The fourth-order valence-corrected chi connectivity index (χ4v) is 0.947. The zero-order valence-corrected chi connectivity index (χ0v) is 6.26. The van der Waals surface area contributed by atoms with E-state index in [9.17, 15) is 10.1 Å². The van der Waals surface area contributed by atoms with Crippen molar-refractivity contribution >= 4 is 11.6 Å². The monoisotopic (exact) mass is 151 g/mol. The Balaban J connectivity index is 3.83. The maximum atomic E-state index is 10.1. The Morgan fingerprint density at radius 1 is 1.67 bits per heavy atom. The van der Waals surface area contributed by atoms with Crippen molar-refractivity contribution in [3.63, 3.8) is 0 Å². The summed E-state index contributed by atoms with van der Waals surface area (Å²) in [6.07, 6.45) is 0. The molecule has 0 spiro atoms. The van der Waals surface area contributed by atoms with E-state index < -0.39 is 6.04 Å². The lowest BCUT2D eigenvalue weighted by molar-refractivity contribution is -0.524. The first-order chi connectivity index (χ1) is 4.09. The Morgan fingerprint density at radius 3 is 2.11 bits per heavy atom. The van der Waals surface area contributed by atoms with Crippen LogP contribution in [-0.2, 0) is 0 Å². The SMILES string of the molecule is CC(C)C(CCl)[N+](=O)[O-]. The molecule has 9 heavy (non-hydrogen) atoms. The molecule has 4 heteroatoms. The average molecular weight is 152 g/mol. The topological polar surface area (TPSA) is 43.1 Å². The van der Waals surface area contributed by atoms with Gasteiger partial charge in [0.1, 0.15) is 0 Å². The lowest BCUT2D eigenvalue weighted by Crippen LogP contribution is -2.26. The molecular weight excluding hydrogens is 142 g/mol. The van der Waals surface area contributed by atoms with Crippen LogP contribution in [0.2, 0.25) is 0 Å². The molecule has 54 valence electrons. The number of rotatable bonds is 3. The molecule has 0 aliphatic heterocycles. The van der Waals surface area contributed by atoms with Crippen LogP contribution in [0, 0.1) is 16.0 Å². The van der Waals surface area contributed by atoms with Crippen molar-refractivity contribution < 1.29 is 4.92 Å². The van der Waals surface area contributed by atoms with Gasteiger partial charge in [0, 0.05) is 10.8 Å². The van der Waals surface area contributed by atoms with E-state index in [0.717, 1.165) is 0 Å². The highest BCUT2D eigenvalue weighted by atomic mass is 35.5. The summed E-state index contributed by atoms with van der Waals surface area (Å²) in [5.74, 6) is 0.127. The molecule has 0 bridgehead atoms. The first kappa shape index (κ1) is 8.69. The molecule has 0 heterocycles. The summed E-state index contributed by atoms with van der Waals surface area (Å²) in [5.41, 5.74) is 0. The molecule has 3 nitrogen and oxygen atoms in total. The van der Waals surface area contributed by atoms with Gasteiger partial charge in [-0.25, -0.2) is 0 Å². The summed E-state index contributed by atoms with van der Waals surface area (Å²) in [7, 11) is 0. The molecule has 0 saturated carbocycles. The van der Waals surface area contributed by atoms with E-state index in [1.807, 2.05) is 0 Å². The Kier molecular flexibility index (Phi) is 3.54. The fourth-order valence-electron chi connectivity index (χ4n) is 0.478. The predicted molar refractivity (Wildman–Crippen MR) is 36.3 cm³/mol. The van der Waals surface area contributed by atoms with Crippen LogP contribution in [0.25, 0.3) is 0 Å². The van der Waals surface area contributed by atoms with E-state index in [0.29, 0.717) is 0 Å². The summed E-state index contributed by atoms with van der Waals surface area (Å²) in [5, 5.41) is 10.1. The number of hydrogen-bond acceptors (Lipinski definition) is 2. The molecule has 0 aromatic carbocycles. The molecule has 0 aromatic rings. The third kappa shape index (κ3) is 2.65.